The molecule has 8 N–H and O–H groups in total. The number of phenols is 1. The van der Waals surface area contributed by atoms with Gasteiger partial charge in [-0.25, -0.2) is 0 Å². The van der Waals surface area contributed by atoms with E-state index >= 15 is 9.59 Å². The van der Waals surface area contributed by atoms with Gasteiger partial charge in [0, 0.05) is 54.6 Å². The monoisotopic (exact) mass is 1040 g/mol. The molecule has 20 unspecified atom stereocenters. The maximum absolute atomic E-state index is 16.2. The summed E-state index contributed by atoms with van der Waals surface area (Å²) in [4.78, 5) is 32.4. The van der Waals surface area contributed by atoms with Gasteiger partial charge in [-0.2, -0.15) is 0 Å². The molecule has 2 aromatic rings. The summed E-state index contributed by atoms with van der Waals surface area (Å²) in [6.07, 6.45) is 20.6. The predicted molar refractivity (Wildman–Crippen MR) is 296 cm³/mol. The van der Waals surface area contributed by atoms with Crippen molar-refractivity contribution in [3.05, 3.63) is 70.3 Å². The quantitative estimate of drug-likeness (QED) is 0.0995. The Labute approximate surface area is 453 Å². The van der Waals surface area contributed by atoms with Crippen LogP contribution in [0.2, 0.25) is 0 Å². The number of aliphatic hydroxyl groups is 3. The summed E-state index contributed by atoms with van der Waals surface area (Å²) in [7, 11) is 1.93. The number of allylic oxidation sites excluding steroid dienone is 2. The number of anilines is 1. The topological polar surface area (TPSA) is 178 Å². The first-order valence-electron chi connectivity index (χ1n) is 31.1. The molecule has 2 saturated heterocycles. The molecule has 2 aromatic carbocycles. The van der Waals surface area contributed by atoms with Gasteiger partial charge in [-0.3, -0.25) is 9.59 Å². The molecule has 1 spiro atoms. The van der Waals surface area contributed by atoms with Crippen LogP contribution in [0.1, 0.15) is 197 Å². The van der Waals surface area contributed by atoms with Gasteiger partial charge in [0.25, 0.3) is 0 Å². The minimum absolute atomic E-state index is 0.0273. The van der Waals surface area contributed by atoms with Crippen molar-refractivity contribution in [2.75, 3.05) is 25.9 Å². The van der Waals surface area contributed by atoms with Gasteiger partial charge in [0.1, 0.15) is 17.6 Å². The Kier molecular flexibility index (Phi) is 13.1. The molecule has 6 bridgehead atoms. The van der Waals surface area contributed by atoms with E-state index in [1.54, 1.807) is 0 Å². The molecule has 2 aliphatic heterocycles. The number of aromatic hydroxyl groups is 1. The zero-order chi connectivity index (χ0) is 52.7. The highest BCUT2D eigenvalue weighted by Gasteiger charge is 2.77. The maximum Gasteiger partial charge on any atom is 0.160 e. The highest BCUT2D eigenvalue weighted by Crippen LogP contribution is 2.80. The first-order chi connectivity index (χ1) is 36.5. The van der Waals surface area contributed by atoms with Crippen LogP contribution in [-0.2, 0) is 20.9 Å². The van der Waals surface area contributed by atoms with Crippen LogP contribution in [0.4, 0.5) is 5.69 Å². The zero-order valence-corrected chi connectivity index (χ0v) is 46.6. The molecule has 2 heterocycles. The Morgan fingerprint density at radius 2 is 1.59 bits per heavy atom. The van der Waals surface area contributed by atoms with Crippen LogP contribution < -0.4 is 16.4 Å². The van der Waals surface area contributed by atoms with E-state index in [-0.39, 0.29) is 71.3 Å². The average molecular weight is 1040 g/mol. The number of fused-ring (bicyclic) bond motifs is 1. The van der Waals surface area contributed by atoms with Gasteiger partial charge in [-0.05, 0) is 227 Å². The Balaban J connectivity index is 0.960. The van der Waals surface area contributed by atoms with Crippen LogP contribution >= 0.6 is 0 Å². The number of nitrogens with one attached hydrogen (secondary N) is 2. The first kappa shape index (κ1) is 52.3. The van der Waals surface area contributed by atoms with Gasteiger partial charge >= 0.3 is 0 Å². The lowest BCUT2D eigenvalue weighted by molar-refractivity contribution is -0.233. The number of phenolic OH excluding ortho intramolecular Hbond substituents is 1. The number of carbonyl (C=O) groups is 2. The summed E-state index contributed by atoms with van der Waals surface area (Å²) in [5.41, 5.74) is 9.57. The van der Waals surface area contributed by atoms with Crippen molar-refractivity contribution < 1.29 is 34.8 Å². The molecule has 9 fully saturated rings. The van der Waals surface area contributed by atoms with Gasteiger partial charge in [0.15, 0.2) is 5.78 Å². The van der Waals surface area contributed by atoms with Gasteiger partial charge in [-0.1, -0.05) is 82.1 Å². The zero-order valence-electron chi connectivity index (χ0n) is 46.6. The number of nitrogen functional groups attached to an aromatic ring is 1. The van der Waals surface area contributed by atoms with Crippen molar-refractivity contribution in [1.29, 1.82) is 0 Å². The van der Waals surface area contributed by atoms with Crippen molar-refractivity contribution in [3.63, 3.8) is 0 Å². The number of β-amino-alcohol motifs (C(OH)–C–C–N with tert-alkyl or cyclic N) is 1. The minimum atomic E-state index is -0.909. The summed E-state index contributed by atoms with van der Waals surface area (Å²) < 4.78 is 6.95. The summed E-state index contributed by atoms with van der Waals surface area (Å²) in [6, 6.07) is 14.2. The molecule has 10 nitrogen and oxygen atoms in total. The van der Waals surface area contributed by atoms with Crippen LogP contribution in [-0.4, -0.2) is 81.6 Å². The van der Waals surface area contributed by atoms with Gasteiger partial charge in [-0.15, -0.1) is 0 Å². The second-order valence-electron chi connectivity index (χ2n) is 28.8. The van der Waals surface area contributed by atoms with E-state index in [1.165, 1.54) is 24.0 Å². The van der Waals surface area contributed by atoms with Crippen LogP contribution in [0, 0.1) is 74.9 Å². The molecular weight excluding hydrogens is 947 g/mol. The second kappa shape index (κ2) is 19.0. The highest BCUT2D eigenvalue weighted by atomic mass is 16.6. The number of Topliss-reactive ketones (excluding diaryl/α,β-unsaturated/α-hetero) is 2. The number of nitrogens with two attached hydrogens (primary N) is 1. The third kappa shape index (κ3) is 7.71. The van der Waals surface area contributed by atoms with Crippen molar-refractivity contribution in [2.45, 2.75) is 216 Å². The smallest absolute Gasteiger partial charge is 0.160 e. The molecule has 11 aliphatic rings. The summed E-state index contributed by atoms with van der Waals surface area (Å²) >= 11 is 0. The van der Waals surface area contributed by atoms with Crippen molar-refractivity contribution in [3.8, 4) is 5.75 Å². The molecule has 0 amide bonds. The van der Waals surface area contributed by atoms with Crippen LogP contribution in [0.3, 0.4) is 0 Å². The van der Waals surface area contributed by atoms with Gasteiger partial charge in [0.2, 0.25) is 0 Å². The van der Waals surface area contributed by atoms with Crippen molar-refractivity contribution in [1.82, 2.24) is 10.6 Å². The van der Waals surface area contributed by atoms with Crippen LogP contribution in [0.5, 0.6) is 5.75 Å². The van der Waals surface area contributed by atoms with E-state index in [0.717, 1.165) is 138 Å². The molecule has 76 heavy (non-hydrogen) atoms. The fourth-order valence-electron chi connectivity index (χ4n) is 22.8. The Bertz CT molecular complexity index is 2630. The summed E-state index contributed by atoms with van der Waals surface area (Å²) in [5.74, 6) is 2.42. The second-order valence-corrected chi connectivity index (χ2v) is 28.8. The number of hydrogen-bond donors (Lipinski definition) is 7. The minimum Gasteiger partial charge on any atom is -0.508 e. The lowest BCUT2D eigenvalue weighted by atomic mass is 9.30. The third-order valence-corrected chi connectivity index (χ3v) is 25.4. The molecule has 10 heteroatoms. The maximum atomic E-state index is 16.2. The van der Waals surface area contributed by atoms with E-state index < -0.39 is 33.6 Å². The lowest BCUT2D eigenvalue weighted by Crippen LogP contribution is -2.73. The molecule has 13 rings (SSSR count). The van der Waals surface area contributed by atoms with Gasteiger partial charge < -0.3 is 41.5 Å². The Morgan fingerprint density at radius 3 is 2.36 bits per heavy atom. The SMILES string of the molecule is CNCc1cc(O)cc(C2CC34CCCCC5(CCCCC(C)(O)CNC(CC67C(CO)CCC8CCCC9CCC(C(O)C%10OC%10(C)C%10CCCC%10c%10cccc(N)c%10)C(C%10=C(CCC36)C7(C)CC%10=O)C98)C54)C2=O)c1. The van der Waals surface area contributed by atoms with Crippen LogP contribution in [0.15, 0.2) is 53.6 Å². The van der Waals surface area contributed by atoms with E-state index in [1.807, 2.05) is 32.2 Å². The Morgan fingerprint density at radius 1 is 0.842 bits per heavy atom. The third-order valence-electron chi connectivity index (χ3n) is 25.4. The first-order valence-corrected chi connectivity index (χ1v) is 31.1. The fraction of sp³-hybridized carbons (Fsp3) is 0.758. The van der Waals surface area contributed by atoms with Crippen LogP contribution in [0.25, 0.3) is 0 Å². The molecule has 0 radical (unpaired) electrons. The molecule has 7 saturated carbocycles. The summed E-state index contributed by atoms with van der Waals surface area (Å²) in [6.45, 7) is 7.86. The standard InChI is InChI=1S/C66H93N3O7/c1-61(75)24-5-6-25-64-26-7-8-27-65(32-48(59(64)74)42-28-38(35-68-4)29-45(71)31-42)53-23-22-50-56-52(72)34-62(50,2)66(53,33-51(58(64)65)69-37-61)43(36-70)20-18-39-12-9-13-40-19-21-47(55(56)54(39)40)57(73)60-63(3,76-60)49-17-11-16-46(49)41-14-10-15-44(67)30-41/h10,14-15,28-31,39-40,43,46-49,51,53-55,57-58,60,68-71,73,75H,5-9,11-13,16-27,32-37,67H2,1-4H3. The van der Waals surface area contributed by atoms with Crippen molar-refractivity contribution in [2.24, 2.45) is 74.9 Å². The largest absolute Gasteiger partial charge is 0.508 e. The number of ether oxygens (including phenoxy) is 1. The molecule has 9 aliphatic carbocycles. The molecular formula is C66H93N3O7. The molecule has 0 aromatic heterocycles. The number of benzene rings is 2. The van der Waals surface area contributed by atoms with E-state index in [0.29, 0.717) is 67.6 Å². The number of rotatable bonds is 8. The fourth-order valence-corrected chi connectivity index (χ4v) is 22.8. The van der Waals surface area contributed by atoms with E-state index in [4.69, 9.17) is 10.5 Å². The number of carbonyl (C=O) groups excluding carboxylic acids is 2. The molecule has 20 atom stereocenters. The summed E-state index contributed by atoms with van der Waals surface area (Å²) in [5, 5.41) is 56.7. The number of aliphatic hydroxyl groups excluding tert-OH is 2. The van der Waals surface area contributed by atoms with Crippen molar-refractivity contribution >= 4 is 17.3 Å². The highest BCUT2D eigenvalue weighted by molar-refractivity contribution is 6.01. The predicted octanol–water partition coefficient (Wildman–Crippen LogP) is 10.8. The van der Waals surface area contributed by atoms with E-state index in [2.05, 4.69) is 48.7 Å². The number of hydrogen-bond acceptors (Lipinski definition) is 10. The van der Waals surface area contributed by atoms with Gasteiger partial charge in [0.05, 0.1) is 17.3 Å². The normalized spacial score (nSPS) is 47.2. The number of epoxide rings is 1. The Hall–Kier alpha value is -3.12. The molecule has 414 valence electrons. The lowest BCUT2D eigenvalue weighted by Gasteiger charge is -2.74. The average Bonchev–Trinajstić information content (AvgIpc) is 3.73. The van der Waals surface area contributed by atoms with E-state index in [9.17, 15) is 20.4 Å². The number of ketones is 2.